The lowest BCUT2D eigenvalue weighted by molar-refractivity contribution is -0.127. The van der Waals surface area contributed by atoms with E-state index in [1.165, 1.54) is 12.1 Å². The summed E-state index contributed by atoms with van der Waals surface area (Å²) in [7, 11) is -3.94. The molecular formula is C13H16ClFN2O3S. The van der Waals surface area contributed by atoms with Gasteiger partial charge in [-0.05, 0) is 25.0 Å². The van der Waals surface area contributed by atoms with Gasteiger partial charge in [0.2, 0.25) is 15.9 Å². The van der Waals surface area contributed by atoms with E-state index in [-0.39, 0.29) is 17.5 Å². The Balaban J connectivity index is 1.89. The molecule has 0 spiro atoms. The highest BCUT2D eigenvalue weighted by atomic mass is 35.5. The lowest BCUT2D eigenvalue weighted by Gasteiger charge is -2.15. The third-order valence-corrected chi connectivity index (χ3v) is 5.04. The summed E-state index contributed by atoms with van der Waals surface area (Å²) in [6, 6.07) is 3.82. The van der Waals surface area contributed by atoms with Crippen molar-refractivity contribution in [1.29, 1.82) is 0 Å². The van der Waals surface area contributed by atoms with E-state index in [0.29, 0.717) is 25.9 Å². The first-order valence-electron chi connectivity index (χ1n) is 6.63. The summed E-state index contributed by atoms with van der Waals surface area (Å²) in [6.45, 7) is 1.35. The first-order valence-corrected chi connectivity index (χ1v) is 8.49. The SMILES string of the molecule is O=C1CCCN1CCCNS(=O)(=O)c1cccc(Cl)c1F. The smallest absolute Gasteiger partial charge is 0.243 e. The Kier molecular flexibility index (Phi) is 5.18. The molecule has 0 saturated carbocycles. The van der Waals surface area contributed by atoms with Crippen LogP contribution < -0.4 is 4.72 Å². The normalized spacial score (nSPS) is 15.7. The minimum absolute atomic E-state index is 0.0961. The van der Waals surface area contributed by atoms with Gasteiger partial charge < -0.3 is 4.90 Å². The minimum atomic E-state index is -3.94. The zero-order chi connectivity index (χ0) is 15.5. The molecular weight excluding hydrogens is 319 g/mol. The molecule has 1 heterocycles. The highest BCUT2D eigenvalue weighted by Crippen LogP contribution is 2.21. The first-order chi connectivity index (χ1) is 9.92. The number of carbonyl (C=O) groups excluding carboxylic acids is 1. The standard InChI is InChI=1S/C13H16ClFN2O3S/c14-10-4-1-5-11(13(10)15)21(19,20)16-7-3-9-17-8-2-6-12(17)18/h1,4-5,16H,2-3,6-9H2. The van der Waals surface area contributed by atoms with Crippen LogP contribution in [0.25, 0.3) is 0 Å². The predicted octanol–water partition coefficient (Wildman–Crippen LogP) is 1.77. The van der Waals surface area contributed by atoms with Crippen LogP contribution >= 0.6 is 11.6 Å². The van der Waals surface area contributed by atoms with Crippen molar-refractivity contribution in [3.05, 3.63) is 29.0 Å². The Morgan fingerprint density at radius 1 is 1.38 bits per heavy atom. The lowest BCUT2D eigenvalue weighted by atomic mass is 10.3. The van der Waals surface area contributed by atoms with Gasteiger partial charge in [-0.3, -0.25) is 4.79 Å². The first kappa shape index (κ1) is 16.2. The predicted molar refractivity (Wildman–Crippen MR) is 77.0 cm³/mol. The third-order valence-electron chi connectivity index (χ3n) is 3.27. The number of halogens is 2. The summed E-state index contributed by atoms with van der Waals surface area (Å²) in [5.74, 6) is -0.861. The number of nitrogens with one attached hydrogen (secondary N) is 1. The minimum Gasteiger partial charge on any atom is -0.343 e. The fourth-order valence-electron chi connectivity index (χ4n) is 2.19. The molecule has 1 amide bonds. The number of benzene rings is 1. The maximum absolute atomic E-state index is 13.7. The number of rotatable bonds is 6. The van der Waals surface area contributed by atoms with Gasteiger partial charge in [-0.2, -0.15) is 0 Å². The fourth-order valence-corrected chi connectivity index (χ4v) is 3.59. The molecule has 1 fully saturated rings. The van der Waals surface area contributed by atoms with Crippen LogP contribution in [-0.2, 0) is 14.8 Å². The average molecular weight is 335 g/mol. The van der Waals surface area contributed by atoms with Crippen LogP contribution in [0.2, 0.25) is 5.02 Å². The number of hydrogen-bond acceptors (Lipinski definition) is 3. The molecule has 0 radical (unpaired) electrons. The van der Waals surface area contributed by atoms with E-state index >= 15 is 0 Å². The molecule has 1 aromatic rings. The van der Waals surface area contributed by atoms with E-state index in [0.717, 1.165) is 12.5 Å². The fraction of sp³-hybridized carbons (Fsp3) is 0.462. The second kappa shape index (κ2) is 6.72. The molecule has 0 atom stereocenters. The second-order valence-electron chi connectivity index (χ2n) is 4.79. The van der Waals surface area contributed by atoms with Gasteiger partial charge in [0.05, 0.1) is 5.02 Å². The van der Waals surface area contributed by atoms with Gasteiger partial charge in [-0.1, -0.05) is 17.7 Å². The van der Waals surface area contributed by atoms with Gasteiger partial charge in [0, 0.05) is 26.1 Å². The van der Waals surface area contributed by atoms with Crippen molar-refractivity contribution in [2.24, 2.45) is 0 Å². The number of amides is 1. The molecule has 5 nitrogen and oxygen atoms in total. The maximum atomic E-state index is 13.7. The Morgan fingerprint density at radius 2 is 2.14 bits per heavy atom. The van der Waals surface area contributed by atoms with Gasteiger partial charge in [0.25, 0.3) is 0 Å². The Labute approximate surface area is 128 Å². The Hall–Kier alpha value is -1.18. The molecule has 1 aromatic carbocycles. The van der Waals surface area contributed by atoms with E-state index < -0.39 is 20.7 Å². The topological polar surface area (TPSA) is 66.5 Å². The monoisotopic (exact) mass is 334 g/mol. The molecule has 0 aromatic heterocycles. The maximum Gasteiger partial charge on any atom is 0.243 e. The van der Waals surface area contributed by atoms with Crippen LogP contribution in [0.1, 0.15) is 19.3 Å². The summed E-state index contributed by atoms with van der Waals surface area (Å²) in [6.07, 6.45) is 1.88. The number of nitrogens with zero attached hydrogens (tertiary/aromatic N) is 1. The van der Waals surface area contributed by atoms with Crippen molar-refractivity contribution >= 4 is 27.5 Å². The molecule has 116 valence electrons. The van der Waals surface area contributed by atoms with Crippen LogP contribution in [0.15, 0.2) is 23.1 Å². The molecule has 21 heavy (non-hydrogen) atoms. The quantitative estimate of drug-likeness (QED) is 0.806. The van der Waals surface area contributed by atoms with Crippen molar-refractivity contribution in [2.45, 2.75) is 24.2 Å². The zero-order valence-electron chi connectivity index (χ0n) is 11.3. The van der Waals surface area contributed by atoms with Gasteiger partial charge >= 0.3 is 0 Å². The zero-order valence-corrected chi connectivity index (χ0v) is 12.9. The summed E-state index contributed by atoms with van der Waals surface area (Å²) < 4.78 is 40.0. The van der Waals surface area contributed by atoms with E-state index in [2.05, 4.69) is 4.72 Å². The highest BCUT2D eigenvalue weighted by molar-refractivity contribution is 7.89. The molecule has 0 unspecified atom stereocenters. The molecule has 1 N–H and O–H groups in total. The molecule has 2 rings (SSSR count). The molecule has 8 heteroatoms. The summed E-state index contributed by atoms with van der Waals surface area (Å²) in [4.78, 5) is 12.6. The number of likely N-dealkylation sites (tertiary alicyclic amines) is 1. The van der Waals surface area contributed by atoms with Crippen LogP contribution in [0.4, 0.5) is 4.39 Å². The van der Waals surface area contributed by atoms with Gasteiger partial charge in [-0.25, -0.2) is 17.5 Å². The Morgan fingerprint density at radius 3 is 2.81 bits per heavy atom. The second-order valence-corrected chi connectivity index (χ2v) is 6.93. The van der Waals surface area contributed by atoms with Crippen molar-refractivity contribution in [2.75, 3.05) is 19.6 Å². The molecule has 1 aliphatic rings. The van der Waals surface area contributed by atoms with Gasteiger partial charge in [0.15, 0.2) is 5.82 Å². The Bertz CT molecular complexity index is 636. The van der Waals surface area contributed by atoms with Crippen LogP contribution in [0.3, 0.4) is 0 Å². The summed E-state index contributed by atoms with van der Waals surface area (Å²) >= 11 is 5.57. The molecule has 0 aliphatic carbocycles. The third kappa shape index (κ3) is 3.93. The van der Waals surface area contributed by atoms with Gasteiger partial charge in [-0.15, -0.1) is 0 Å². The number of carbonyl (C=O) groups is 1. The highest BCUT2D eigenvalue weighted by Gasteiger charge is 2.22. The van der Waals surface area contributed by atoms with Gasteiger partial charge in [0.1, 0.15) is 4.90 Å². The molecule has 0 bridgehead atoms. The summed E-state index contributed by atoms with van der Waals surface area (Å²) in [5.41, 5.74) is 0. The van der Waals surface area contributed by atoms with E-state index in [4.69, 9.17) is 11.6 Å². The van der Waals surface area contributed by atoms with Crippen LogP contribution in [-0.4, -0.2) is 38.9 Å². The van der Waals surface area contributed by atoms with Crippen molar-refractivity contribution < 1.29 is 17.6 Å². The van der Waals surface area contributed by atoms with E-state index in [1.807, 2.05) is 0 Å². The van der Waals surface area contributed by atoms with E-state index in [9.17, 15) is 17.6 Å². The average Bonchev–Trinajstić information content (AvgIpc) is 2.83. The number of hydrogen-bond donors (Lipinski definition) is 1. The lowest BCUT2D eigenvalue weighted by Crippen LogP contribution is -2.31. The molecule has 1 aliphatic heterocycles. The van der Waals surface area contributed by atoms with Crippen molar-refractivity contribution in [1.82, 2.24) is 9.62 Å². The largest absolute Gasteiger partial charge is 0.343 e. The van der Waals surface area contributed by atoms with Crippen LogP contribution in [0.5, 0.6) is 0 Å². The summed E-state index contributed by atoms with van der Waals surface area (Å²) in [5, 5.41) is -0.236. The van der Waals surface area contributed by atoms with Crippen molar-refractivity contribution in [3.8, 4) is 0 Å². The van der Waals surface area contributed by atoms with Crippen molar-refractivity contribution in [3.63, 3.8) is 0 Å². The molecule has 1 saturated heterocycles. The van der Waals surface area contributed by atoms with E-state index in [1.54, 1.807) is 4.90 Å². The van der Waals surface area contributed by atoms with Crippen LogP contribution in [0, 0.1) is 5.82 Å². The number of sulfonamides is 1.